The van der Waals surface area contributed by atoms with Gasteiger partial charge in [0.15, 0.2) is 0 Å². The van der Waals surface area contributed by atoms with E-state index in [2.05, 4.69) is 5.32 Å². The topological polar surface area (TPSA) is 65.8 Å². The Morgan fingerprint density at radius 2 is 2.04 bits per heavy atom. The minimum atomic E-state index is -0.00650. The predicted molar refractivity (Wildman–Crippen MR) is 86.0 cm³/mol. The van der Waals surface area contributed by atoms with Crippen molar-refractivity contribution in [3.63, 3.8) is 0 Å². The first-order valence-corrected chi connectivity index (χ1v) is 8.41. The van der Waals surface area contributed by atoms with Crippen LogP contribution in [0.1, 0.15) is 50.0 Å². The molecule has 3 amide bonds. The van der Waals surface area contributed by atoms with Crippen LogP contribution in [0.15, 0.2) is 16.7 Å². The molecular weight excluding hydrogens is 294 g/mol. The molecule has 1 unspecified atom stereocenters. The van der Waals surface area contributed by atoms with Crippen LogP contribution in [-0.2, 0) is 11.2 Å². The van der Waals surface area contributed by atoms with E-state index in [9.17, 15) is 9.59 Å². The molecule has 0 radical (unpaired) electrons. The number of furan rings is 1. The fourth-order valence-corrected chi connectivity index (χ4v) is 3.59. The van der Waals surface area contributed by atoms with E-state index in [1.165, 1.54) is 0 Å². The summed E-state index contributed by atoms with van der Waals surface area (Å²) in [4.78, 5) is 27.6. The quantitative estimate of drug-likeness (QED) is 0.909. The van der Waals surface area contributed by atoms with E-state index in [-0.39, 0.29) is 24.0 Å². The van der Waals surface area contributed by atoms with E-state index in [1.807, 2.05) is 18.0 Å². The number of carbonyl (C=O) groups excluding carboxylic acids is 2. The summed E-state index contributed by atoms with van der Waals surface area (Å²) in [5.41, 5.74) is 1.12. The fourth-order valence-electron chi connectivity index (χ4n) is 3.59. The van der Waals surface area contributed by atoms with Crippen LogP contribution in [0.25, 0.3) is 0 Å². The maximum absolute atomic E-state index is 12.5. The van der Waals surface area contributed by atoms with E-state index in [0.717, 1.165) is 43.4 Å². The zero-order valence-corrected chi connectivity index (χ0v) is 13.9. The molecule has 0 saturated carbocycles. The Morgan fingerprint density at radius 3 is 2.74 bits per heavy atom. The first-order chi connectivity index (χ1) is 11.1. The lowest BCUT2D eigenvalue weighted by molar-refractivity contribution is -0.130. The molecule has 2 aliphatic rings. The van der Waals surface area contributed by atoms with Crippen molar-refractivity contribution in [1.82, 2.24) is 15.1 Å². The molecule has 6 nitrogen and oxygen atoms in total. The van der Waals surface area contributed by atoms with E-state index in [0.29, 0.717) is 13.1 Å². The van der Waals surface area contributed by atoms with Crippen LogP contribution in [-0.4, -0.2) is 47.9 Å². The molecule has 1 aromatic rings. The number of hydrogen-bond donors (Lipinski definition) is 1. The second-order valence-electron chi connectivity index (χ2n) is 6.54. The summed E-state index contributed by atoms with van der Waals surface area (Å²) in [5.74, 6) is 1.09. The normalized spacial score (nSPS) is 21.7. The monoisotopic (exact) mass is 319 g/mol. The van der Waals surface area contributed by atoms with E-state index in [1.54, 1.807) is 18.1 Å². The Morgan fingerprint density at radius 1 is 1.30 bits per heavy atom. The van der Waals surface area contributed by atoms with Gasteiger partial charge in [-0.2, -0.15) is 0 Å². The minimum absolute atomic E-state index is 0.00650. The molecule has 23 heavy (non-hydrogen) atoms. The number of nitrogens with one attached hydrogen (secondary N) is 1. The molecule has 6 heteroatoms. The van der Waals surface area contributed by atoms with Crippen molar-refractivity contribution in [1.29, 1.82) is 0 Å². The van der Waals surface area contributed by atoms with Gasteiger partial charge in [0.25, 0.3) is 0 Å². The summed E-state index contributed by atoms with van der Waals surface area (Å²) in [6.07, 6.45) is 6.34. The molecular formula is C17H25N3O3. The molecule has 1 N–H and O–H groups in total. The number of aryl methyl sites for hydroxylation is 1. The average molecular weight is 319 g/mol. The highest BCUT2D eigenvalue weighted by Crippen LogP contribution is 2.30. The van der Waals surface area contributed by atoms with Crippen molar-refractivity contribution in [3.05, 3.63) is 23.7 Å². The SMILES string of the molecule is CC(=O)N(C)C1CCN(C(=O)NC2CCCc3occc32)CC1. The summed E-state index contributed by atoms with van der Waals surface area (Å²) in [6, 6.07) is 2.26. The number of urea groups is 1. The van der Waals surface area contributed by atoms with Gasteiger partial charge in [0.05, 0.1) is 12.3 Å². The average Bonchev–Trinajstić information content (AvgIpc) is 3.04. The lowest BCUT2D eigenvalue weighted by Gasteiger charge is -2.37. The number of rotatable bonds is 2. The number of likely N-dealkylation sites (tertiary alicyclic amines) is 1. The van der Waals surface area contributed by atoms with Crippen molar-refractivity contribution in [2.24, 2.45) is 0 Å². The zero-order valence-electron chi connectivity index (χ0n) is 13.9. The van der Waals surface area contributed by atoms with Crippen LogP contribution in [0.2, 0.25) is 0 Å². The van der Waals surface area contributed by atoms with Crippen molar-refractivity contribution < 1.29 is 14.0 Å². The van der Waals surface area contributed by atoms with Gasteiger partial charge in [-0.25, -0.2) is 4.79 Å². The maximum Gasteiger partial charge on any atom is 0.317 e. The molecule has 1 aliphatic heterocycles. The van der Waals surface area contributed by atoms with Crippen molar-refractivity contribution >= 4 is 11.9 Å². The number of nitrogens with zero attached hydrogens (tertiary/aromatic N) is 2. The van der Waals surface area contributed by atoms with Gasteiger partial charge in [-0.3, -0.25) is 4.79 Å². The fraction of sp³-hybridized carbons (Fsp3) is 0.647. The molecule has 0 aromatic carbocycles. The molecule has 1 aliphatic carbocycles. The molecule has 1 fully saturated rings. The first kappa shape index (κ1) is 15.9. The Hall–Kier alpha value is -1.98. The summed E-state index contributed by atoms with van der Waals surface area (Å²) in [5, 5.41) is 3.14. The number of amides is 3. The van der Waals surface area contributed by atoms with E-state index >= 15 is 0 Å². The van der Waals surface area contributed by atoms with Gasteiger partial charge in [0.2, 0.25) is 5.91 Å². The molecule has 1 aromatic heterocycles. The van der Waals surface area contributed by atoms with E-state index in [4.69, 9.17) is 4.42 Å². The molecule has 0 bridgehead atoms. The summed E-state index contributed by atoms with van der Waals surface area (Å²) >= 11 is 0. The van der Waals surface area contributed by atoms with Crippen molar-refractivity contribution in [3.8, 4) is 0 Å². The van der Waals surface area contributed by atoms with Gasteiger partial charge < -0.3 is 19.5 Å². The van der Waals surface area contributed by atoms with Crippen molar-refractivity contribution in [2.45, 2.75) is 51.1 Å². The summed E-state index contributed by atoms with van der Waals surface area (Å²) in [6.45, 7) is 2.98. The summed E-state index contributed by atoms with van der Waals surface area (Å²) in [7, 11) is 1.84. The molecule has 1 saturated heterocycles. The molecule has 2 heterocycles. The van der Waals surface area contributed by atoms with Gasteiger partial charge in [-0.1, -0.05) is 0 Å². The molecule has 126 valence electrons. The number of fused-ring (bicyclic) bond motifs is 1. The lowest BCUT2D eigenvalue weighted by atomic mass is 9.93. The Kier molecular flexibility index (Phi) is 4.59. The maximum atomic E-state index is 12.5. The van der Waals surface area contributed by atoms with Gasteiger partial charge in [0.1, 0.15) is 5.76 Å². The van der Waals surface area contributed by atoms with Crippen LogP contribution in [0.4, 0.5) is 4.79 Å². The van der Waals surface area contributed by atoms with E-state index < -0.39 is 0 Å². The Balaban J connectivity index is 1.54. The highest BCUT2D eigenvalue weighted by Gasteiger charge is 2.29. The summed E-state index contributed by atoms with van der Waals surface area (Å²) < 4.78 is 5.47. The van der Waals surface area contributed by atoms with Gasteiger partial charge in [-0.05, 0) is 31.7 Å². The van der Waals surface area contributed by atoms with Gasteiger partial charge in [-0.15, -0.1) is 0 Å². The lowest BCUT2D eigenvalue weighted by Crippen LogP contribution is -2.50. The smallest absolute Gasteiger partial charge is 0.317 e. The van der Waals surface area contributed by atoms with Gasteiger partial charge >= 0.3 is 6.03 Å². The van der Waals surface area contributed by atoms with Crippen LogP contribution in [0, 0.1) is 0 Å². The Labute approximate surface area is 136 Å². The van der Waals surface area contributed by atoms with Crippen LogP contribution < -0.4 is 5.32 Å². The van der Waals surface area contributed by atoms with Gasteiger partial charge in [0, 0.05) is 45.1 Å². The van der Waals surface area contributed by atoms with Crippen molar-refractivity contribution in [2.75, 3.05) is 20.1 Å². The second kappa shape index (κ2) is 6.64. The minimum Gasteiger partial charge on any atom is -0.469 e. The third-order valence-electron chi connectivity index (χ3n) is 5.15. The van der Waals surface area contributed by atoms with Crippen LogP contribution in [0.5, 0.6) is 0 Å². The Bertz CT molecular complexity index is 575. The number of hydrogen-bond acceptors (Lipinski definition) is 3. The predicted octanol–water partition coefficient (Wildman–Crippen LogP) is 2.31. The number of carbonyl (C=O) groups is 2. The second-order valence-corrected chi connectivity index (χ2v) is 6.54. The highest BCUT2D eigenvalue weighted by molar-refractivity contribution is 5.75. The molecule has 0 spiro atoms. The zero-order chi connectivity index (χ0) is 16.4. The van der Waals surface area contributed by atoms with Crippen LogP contribution in [0.3, 0.4) is 0 Å². The highest BCUT2D eigenvalue weighted by atomic mass is 16.3. The van der Waals surface area contributed by atoms with Crippen LogP contribution >= 0.6 is 0 Å². The standard InChI is InChI=1S/C17H25N3O3/c1-12(21)19(2)13-6-9-20(10-7-13)17(22)18-15-4-3-5-16-14(15)8-11-23-16/h8,11,13,15H,3-7,9-10H2,1-2H3,(H,18,22). The molecule has 1 atom stereocenters. The largest absolute Gasteiger partial charge is 0.469 e. The molecule has 3 rings (SSSR count). The third-order valence-corrected chi connectivity index (χ3v) is 5.15. The first-order valence-electron chi connectivity index (χ1n) is 8.41. The number of piperidine rings is 1. The third kappa shape index (κ3) is 3.35.